The van der Waals surface area contributed by atoms with Crippen molar-refractivity contribution >= 4 is 16.7 Å². The van der Waals surface area contributed by atoms with E-state index >= 15 is 0 Å². The third-order valence-electron chi connectivity index (χ3n) is 6.33. The van der Waals surface area contributed by atoms with Crippen LogP contribution in [0.2, 0.25) is 0 Å². The number of alkyl halides is 2. The maximum absolute atomic E-state index is 14.6. The normalized spacial score (nSPS) is 22.7. The molecule has 0 heterocycles. The highest BCUT2D eigenvalue weighted by atomic mass is 19.2. The van der Waals surface area contributed by atoms with Gasteiger partial charge in [0, 0.05) is 11.3 Å². The lowest BCUT2D eigenvalue weighted by Crippen LogP contribution is -2.33. The largest absolute Gasteiger partial charge is 0.423 e. The molecular weight excluding hydrogens is 434 g/mol. The smallest absolute Gasteiger partial charge is 0.343 e. The number of fused-ring (bicyclic) bond motifs is 1. The third-order valence-corrected chi connectivity index (χ3v) is 6.33. The molecule has 170 valence electrons. The fourth-order valence-electron chi connectivity index (χ4n) is 4.49. The highest BCUT2D eigenvalue weighted by molar-refractivity contribution is 5.92. The van der Waals surface area contributed by atoms with Crippen LogP contribution in [0.1, 0.15) is 53.6 Å². The minimum atomic E-state index is -1.28. The number of halogens is 4. The second-order valence-electron chi connectivity index (χ2n) is 8.36. The number of benzene rings is 3. The molecule has 0 N–H and O–H groups in total. The molecule has 2 atom stereocenters. The maximum atomic E-state index is 14.6. The summed E-state index contributed by atoms with van der Waals surface area (Å²) in [5.74, 6) is -3.47. The second kappa shape index (κ2) is 9.22. The molecule has 0 radical (unpaired) electrons. The van der Waals surface area contributed by atoms with Crippen molar-refractivity contribution in [3.8, 4) is 11.8 Å². The summed E-state index contributed by atoms with van der Waals surface area (Å²) in [5, 5.41) is 9.03. The van der Waals surface area contributed by atoms with E-state index in [0.717, 1.165) is 12.5 Å². The summed E-state index contributed by atoms with van der Waals surface area (Å²) < 4.78 is 62.7. The van der Waals surface area contributed by atoms with Crippen LogP contribution in [0.4, 0.5) is 17.6 Å². The molecule has 3 aromatic carbocycles. The fraction of sp³-hybridized carbons (Fsp3) is 0.308. The Bertz CT molecular complexity index is 1220. The van der Waals surface area contributed by atoms with Crippen molar-refractivity contribution in [2.24, 2.45) is 5.92 Å². The lowest BCUT2D eigenvalue weighted by molar-refractivity contribution is 0.0735. The van der Waals surface area contributed by atoms with E-state index in [1.807, 2.05) is 6.92 Å². The molecule has 2 unspecified atom stereocenters. The van der Waals surface area contributed by atoms with Gasteiger partial charge >= 0.3 is 5.97 Å². The molecule has 7 heteroatoms. The van der Waals surface area contributed by atoms with Gasteiger partial charge in [0.25, 0.3) is 0 Å². The Kier molecular flexibility index (Phi) is 6.37. The van der Waals surface area contributed by atoms with Crippen LogP contribution in [-0.2, 0) is 0 Å². The van der Waals surface area contributed by atoms with Crippen LogP contribution >= 0.6 is 0 Å². The zero-order valence-electron chi connectivity index (χ0n) is 17.8. The first kappa shape index (κ1) is 22.8. The van der Waals surface area contributed by atoms with Gasteiger partial charge in [-0.1, -0.05) is 25.5 Å². The Balaban J connectivity index is 1.51. The quantitative estimate of drug-likeness (QED) is 0.247. The van der Waals surface area contributed by atoms with E-state index in [1.165, 1.54) is 48.5 Å². The molecule has 0 spiro atoms. The number of carbonyl (C=O) groups is 1. The van der Waals surface area contributed by atoms with Crippen molar-refractivity contribution in [2.45, 2.75) is 44.4 Å². The molecular formula is C26H21F4NO2. The minimum Gasteiger partial charge on any atom is -0.423 e. The summed E-state index contributed by atoms with van der Waals surface area (Å²) >= 11 is 0. The van der Waals surface area contributed by atoms with Crippen molar-refractivity contribution in [1.82, 2.24) is 0 Å². The van der Waals surface area contributed by atoms with Gasteiger partial charge in [-0.3, -0.25) is 0 Å². The van der Waals surface area contributed by atoms with Gasteiger partial charge in [0.1, 0.15) is 35.5 Å². The topological polar surface area (TPSA) is 50.1 Å². The molecule has 1 aliphatic rings. The number of nitriles is 1. The predicted octanol–water partition coefficient (Wildman–Crippen LogP) is 6.79. The van der Waals surface area contributed by atoms with Crippen LogP contribution in [0.3, 0.4) is 0 Å². The van der Waals surface area contributed by atoms with Crippen molar-refractivity contribution < 1.29 is 27.1 Å². The Labute approximate surface area is 188 Å². The van der Waals surface area contributed by atoms with E-state index in [2.05, 4.69) is 0 Å². The standard InChI is InChI=1S/C26H21F4NO2/c1-2-14-9-22(28)24(23(29)10-14)15-3-5-16(6-4-15)26(32)33-18-7-8-19-17(11-18)12-21(27)20(13-31)25(19)30/h3-8,11-12,14,22-24H,2,9-10H2,1H3. The first-order valence-corrected chi connectivity index (χ1v) is 10.7. The van der Waals surface area contributed by atoms with Gasteiger partial charge in [0.2, 0.25) is 0 Å². The van der Waals surface area contributed by atoms with E-state index in [-0.39, 0.29) is 28.0 Å². The Morgan fingerprint density at radius 3 is 2.33 bits per heavy atom. The zero-order valence-corrected chi connectivity index (χ0v) is 17.8. The summed E-state index contributed by atoms with van der Waals surface area (Å²) in [7, 11) is 0. The van der Waals surface area contributed by atoms with Gasteiger partial charge in [-0.25, -0.2) is 22.4 Å². The van der Waals surface area contributed by atoms with Crippen LogP contribution in [0.25, 0.3) is 10.8 Å². The number of esters is 1. The van der Waals surface area contributed by atoms with Gasteiger partial charge in [-0.05, 0) is 66.1 Å². The molecule has 1 saturated carbocycles. The van der Waals surface area contributed by atoms with E-state index in [1.54, 1.807) is 0 Å². The molecule has 1 aliphatic carbocycles. The van der Waals surface area contributed by atoms with Crippen LogP contribution < -0.4 is 4.74 Å². The summed E-state index contributed by atoms with van der Waals surface area (Å²) in [5.41, 5.74) is -0.0169. The Morgan fingerprint density at radius 1 is 1.06 bits per heavy atom. The monoisotopic (exact) mass is 455 g/mol. The second-order valence-corrected chi connectivity index (χ2v) is 8.36. The number of ether oxygens (including phenoxy) is 1. The number of hydrogen-bond acceptors (Lipinski definition) is 3. The van der Waals surface area contributed by atoms with Gasteiger partial charge < -0.3 is 4.74 Å². The van der Waals surface area contributed by atoms with Gasteiger partial charge in [-0.15, -0.1) is 0 Å². The minimum absolute atomic E-state index is 0.0245. The number of carbonyl (C=O) groups excluding carboxylic acids is 1. The van der Waals surface area contributed by atoms with Crippen LogP contribution in [0.15, 0.2) is 48.5 Å². The van der Waals surface area contributed by atoms with E-state index in [4.69, 9.17) is 10.00 Å². The Morgan fingerprint density at radius 2 is 1.73 bits per heavy atom. The molecule has 0 bridgehead atoms. The predicted molar refractivity (Wildman–Crippen MR) is 116 cm³/mol. The fourth-order valence-corrected chi connectivity index (χ4v) is 4.49. The molecule has 3 nitrogen and oxygen atoms in total. The molecule has 33 heavy (non-hydrogen) atoms. The first-order valence-electron chi connectivity index (χ1n) is 10.7. The van der Waals surface area contributed by atoms with Crippen molar-refractivity contribution in [1.29, 1.82) is 5.26 Å². The molecule has 0 amide bonds. The number of rotatable bonds is 4. The summed E-state index contributed by atoms with van der Waals surface area (Å²) in [4.78, 5) is 12.5. The molecule has 0 aromatic heterocycles. The van der Waals surface area contributed by atoms with Crippen LogP contribution in [0.5, 0.6) is 5.75 Å². The van der Waals surface area contributed by atoms with Crippen LogP contribution in [-0.4, -0.2) is 18.3 Å². The van der Waals surface area contributed by atoms with Crippen LogP contribution in [0, 0.1) is 28.9 Å². The zero-order chi connectivity index (χ0) is 23.7. The summed E-state index contributed by atoms with van der Waals surface area (Å²) in [6, 6.07) is 12.4. The summed E-state index contributed by atoms with van der Waals surface area (Å²) in [6.45, 7) is 1.93. The number of hydrogen-bond donors (Lipinski definition) is 0. The maximum Gasteiger partial charge on any atom is 0.343 e. The van der Waals surface area contributed by atoms with E-state index in [0.29, 0.717) is 18.4 Å². The summed E-state index contributed by atoms with van der Waals surface area (Å²) in [6.07, 6.45) is -1.17. The highest BCUT2D eigenvalue weighted by Gasteiger charge is 2.38. The lowest BCUT2D eigenvalue weighted by atomic mass is 9.75. The van der Waals surface area contributed by atoms with Gasteiger partial charge in [0.05, 0.1) is 5.56 Å². The number of nitrogens with zero attached hydrogens (tertiary/aromatic N) is 1. The van der Waals surface area contributed by atoms with Gasteiger partial charge in [0.15, 0.2) is 5.82 Å². The highest BCUT2D eigenvalue weighted by Crippen LogP contribution is 2.41. The molecule has 0 saturated heterocycles. The van der Waals surface area contributed by atoms with Crippen molar-refractivity contribution in [2.75, 3.05) is 0 Å². The first-order chi connectivity index (χ1) is 15.8. The van der Waals surface area contributed by atoms with Gasteiger partial charge in [-0.2, -0.15) is 5.26 Å². The average molecular weight is 455 g/mol. The molecule has 4 rings (SSSR count). The molecule has 0 aliphatic heterocycles. The van der Waals surface area contributed by atoms with E-state index < -0.39 is 41.4 Å². The lowest BCUT2D eigenvalue weighted by Gasteiger charge is -2.34. The molecule has 3 aromatic rings. The third kappa shape index (κ3) is 4.43. The van der Waals surface area contributed by atoms with E-state index in [9.17, 15) is 22.4 Å². The Hall–Kier alpha value is -3.40. The molecule has 1 fully saturated rings. The SMILES string of the molecule is CCC1CC(F)C(c2ccc(C(=O)Oc3ccc4c(F)c(C#N)c(F)cc4c3)cc2)C(F)C1. The van der Waals surface area contributed by atoms with Crippen molar-refractivity contribution in [3.05, 3.63) is 76.9 Å². The van der Waals surface area contributed by atoms with Crippen molar-refractivity contribution in [3.63, 3.8) is 0 Å². The average Bonchev–Trinajstić information content (AvgIpc) is 2.79.